The summed E-state index contributed by atoms with van der Waals surface area (Å²) in [6.45, 7) is 9.10. The zero-order chi connectivity index (χ0) is 24.1. The molecule has 5 heteroatoms. The summed E-state index contributed by atoms with van der Waals surface area (Å²) in [5.74, 6) is 3.05. The molecule has 0 atom stereocenters. The van der Waals surface area contributed by atoms with Crippen LogP contribution in [0.3, 0.4) is 0 Å². The van der Waals surface area contributed by atoms with Crippen molar-refractivity contribution in [2.24, 2.45) is 0 Å². The molecule has 0 fully saturated rings. The molecule has 176 valence electrons. The first kappa shape index (κ1) is 22.0. The van der Waals surface area contributed by atoms with Crippen LogP contribution >= 0.6 is 7.92 Å². The van der Waals surface area contributed by atoms with E-state index in [1.165, 1.54) is 38.2 Å². The number of aryl methyl sites for hydroxylation is 4. The smallest absolute Gasteiger partial charge is 0.231 e. The molecule has 4 nitrogen and oxygen atoms in total. The Morgan fingerprint density at radius 1 is 0.571 bits per heavy atom. The minimum Gasteiger partial charge on any atom is -0.454 e. The maximum absolute atomic E-state index is 6.09. The number of hydrogen-bond acceptors (Lipinski definition) is 4. The van der Waals surface area contributed by atoms with Crippen molar-refractivity contribution in [1.82, 2.24) is 0 Å². The fourth-order valence-corrected chi connectivity index (χ4v) is 7.98. The van der Waals surface area contributed by atoms with Crippen molar-refractivity contribution >= 4 is 23.8 Å². The van der Waals surface area contributed by atoms with Gasteiger partial charge in [0.15, 0.2) is 23.0 Å². The lowest BCUT2D eigenvalue weighted by atomic mass is 10.0. The zero-order valence-corrected chi connectivity index (χ0v) is 21.2. The highest BCUT2D eigenvalue weighted by Crippen LogP contribution is 2.51. The van der Waals surface area contributed by atoms with Gasteiger partial charge in [0.1, 0.15) is 0 Å². The predicted octanol–water partition coefficient (Wildman–Crippen LogP) is 5.80. The summed E-state index contributed by atoms with van der Waals surface area (Å²) < 4.78 is 23.6. The lowest BCUT2D eigenvalue weighted by Crippen LogP contribution is -2.23. The van der Waals surface area contributed by atoms with E-state index in [1.807, 2.05) is 18.2 Å². The largest absolute Gasteiger partial charge is 0.454 e. The molecule has 0 N–H and O–H groups in total. The van der Waals surface area contributed by atoms with E-state index in [-0.39, 0.29) is 13.6 Å². The molecular formula is C30H27O4P. The molecule has 2 aliphatic heterocycles. The summed E-state index contributed by atoms with van der Waals surface area (Å²) in [6, 6.07) is 24.0. The molecule has 0 amide bonds. The van der Waals surface area contributed by atoms with Gasteiger partial charge in [-0.3, -0.25) is 0 Å². The molecular weight excluding hydrogens is 455 g/mol. The second kappa shape index (κ2) is 8.62. The molecule has 0 aromatic heterocycles. The zero-order valence-electron chi connectivity index (χ0n) is 20.3. The lowest BCUT2D eigenvalue weighted by molar-refractivity contribution is 0.173. The predicted molar refractivity (Wildman–Crippen MR) is 142 cm³/mol. The molecule has 0 saturated carbocycles. The quantitative estimate of drug-likeness (QED) is 0.345. The van der Waals surface area contributed by atoms with Gasteiger partial charge in [-0.1, -0.05) is 70.8 Å². The van der Waals surface area contributed by atoms with Gasteiger partial charge in [0, 0.05) is 11.1 Å². The van der Waals surface area contributed by atoms with Crippen LogP contribution in [0.25, 0.3) is 11.1 Å². The van der Waals surface area contributed by atoms with Crippen molar-refractivity contribution in [3.63, 3.8) is 0 Å². The number of fused-ring (bicyclic) bond motifs is 2. The minimum atomic E-state index is -0.900. The third-order valence-corrected chi connectivity index (χ3v) is 8.76. The van der Waals surface area contributed by atoms with Crippen LogP contribution in [0.2, 0.25) is 0 Å². The van der Waals surface area contributed by atoms with E-state index in [2.05, 4.69) is 76.2 Å². The van der Waals surface area contributed by atoms with Crippen molar-refractivity contribution in [2.45, 2.75) is 27.7 Å². The molecule has 0 radical (unpaired) electrons. The summed E-state index contributed by atoms with van der Waals surface area (Å²) in [7, 11) is -0.900. The highest BCUT2D eigenvalue weighted by molar-refractivity contribution is 7.80. The summed E-state index contributed by atoms with van der Waals surface area (Å²) in [4.78, 5) is 0. The van der Waals surface area contributed by atoms with Crippen molar-refractivity contribution in [2.75, 3.05) is 13.6 Å². The molecule has 0 saturated heterocycles. The first-order valence-electron chi connectivity index (χ1n) is 11.8. The van der Waals surface area contributed by atoms with E-state index in [1.54, 1.807) is 0 Å². The van der Waals surface area contributed by atoms with Crippen LogP contribution in [0.4, 0.5) is 0 Å². The first-order valence-corrected chi connectivity index (χ1v) is 13.1. The molecule has 0 spiro atoms. The lowest BCUT2D eigenvalue weighted by Gasteiger charge is -2.25. The molecule has 2 aliphatic rings. The third kappa shape index (κ3) is 3.92. The Hall–Kier alpha value is -3.49. The molecule has 0 bridgehead atoms. The molecule has 2 heterocycles. The highest BCUT2D eigenvalue weighted by Gasteiger charge is 2.31. The maximum Gasteiger partial charge on any atom is 0.231 e. The average Bonchev–Trinajstić information content (AvgIpc) is 3.47. The van der Waals surface area contributed by atoms with Gasteiger partial charge in [0.2, 0.25) is 13.6 Å². The fraction of sp³-hybridized carbons (Fsp3) is 0.200. The van der Waals surface area contributed by atoms with Gasteiger partial charge < -0.3 is 18.9 Å². The molecule has 6 rings (SSSR count). The van der Waals surface area contributed by atoms with E-state index in [9.17, 15) is 0 Å². The van der Waals surface area contributed by atoms with Crippen LogP contribution < -0.4 is 34.9 Å². The first-order chi connectivity index (χ1) is 17.0. The third-order valence-electron chi connectivity index (χ3n) is 6.35. The number of rotatable bonds is 4. The van der Waals surface area contributed by atoms with Gasteiger partial charge in [0.25, 0.3) is 0 Å². The Labute approximate surface area is 207 Å². The number of ether oxygens (including phenoxy) is 4. The number of benzene rings is 4. The van der Waals surface area contributed by atoms with Crippen molar-refractivity contribution < 1.29 is 18.9 Å². The maximum atomic E-state index is 6.09. The Kier molecular flexibility index (Phi) is 5.42. The minimum absolute atomic E-state index is 0.212. The summed E-state index contributed by atoms with van der Waals surface area (Å²) in [6.07, 6.45) is 0. The second-order valence-electron chi connectivity index (χ2n) is 9.26. The van der Waals surface area contributed by atoms with Crippen LogP contribution in [0, 0.1) is 27.7 Å². The Morgan fingerprint density at radius 3 is 1.71 bits per heavy atom. The van der Waals surface area contributed by atoms with Gasteiger partial charge in [0.05, 0.1) is 0 Å². The Bertz CT molecular complexity index is 1370. The normalized spacial score (nSPS) is 13.5. The van der Waals surface area contributed by atoms with E-state index in [0.29, 0.717) is 0 Å². The van der Waals surface area contributed by atoms with Crippen molar-refractivity contribution in [1.29, 1.82) is 0 Å². The molecule has 35 heavy (non-hydrogen) atoms. The van der Waals surface area contributed by atoms with Crippen LogP contribution in [0.1, 0.15) is 22.3 Å². The van der Waals surface area contributed by atoms with Crippen LogP contribution in [-0.2, 0) is 0 Å². The SMILES string of the molecule is Cc1cc(C)cc(P(c2cc(C)cc(C)c2)c2ccc3c(c2-c2cccc4c2OCO4)OCO3)c1. The van der Waals surface area contributed by atoms with E-state index in [0.717, 1.165) is 34.1 Å². The van der Waals surface area contributed by atoms with E-state index >= 15 is 0 Å². The summed E-state index contributed by atoms with van der Waals surface area (Å²) in [5.41, 5.74) is 7.03. The second-order valence-corrected chi connectivity index (χ2v) is 11.4. The van der Waals surface area contributed by atoms with Gasteiger partial charge in [-0.2, -0.15) is 0 Å². The topological polar surface area (TPSA) is 36.9 Å². The van der Waals surface area contributed by atoms with Crippen molar-refractivity contribution in [3.8, 4) is 34.1 Å². The highest BCUT2D eigenvalue weighted by atomic mass is 31.1. The van der Waals surface area contributed by atoms with Gasteiger partial charge in [-0.25, -0.2) is 0 Å². The Balaban J connectivity index is 1.68. The molecule has 0 aliphatic carbocycles. The van der Waals surface area contributed by atoms with Gasteiger partial charge in [-0.05, 0) is 69.7 Å². The van der Waals surface area contributed by atoms with Crippen LogP contribution in [0.15, 0.2) is 66.7 Å². The van der Waals surface area contributed by atoms with Gasteiger partial charge >= 0.3 is 0 Å². The van der Waals surface area contributed by atoms with E-state index < -0.39 is 7.92 Å². The standard InChI is InChI=1S/C30H27O4P/c1-18-10-19(2)13-22(12-18)35(23-14-20(3)11-21(4)15-23)27-9-8-26-30(34-17-32-26)28(27)24-6-5-7-25-29(24)33-16-31-25/h5-15H,16-17H2,1-4H3. The monoisotopic (exact) mass is 482 g/mol. The molecule has 4 aromatic rings. The Morgan fingerprint density at radius 2 is 1.11 bits per heavy atom. The number of para-hydroxylation sites is 1. The summed E-state index contributed by atoms with van der Waals surface area (Å²) >= 11 is 0. The van der Waals surface area contributed by atoms with Crippen LogP contribution in [0.5, 0.6) is 23.0 Å². The molecule has 4 aromatic carbocycles. The summed E-state index contributed by atoms with van der Waals surface area (Å²) in [5, 5.41) is 3.84. The van der Waals surface area contributed by atoms with Crippen LogP contribution in [-0.4, -0.2) is 13.6 Å². The number of hydrogen-bond donors (Lipinski definition) is 0. The fourth-order valence-electron chi connectivity index (χ4n) is 5.12. The van der Waals surface area contributed by atoms with Crippen molar-refractivity contribution in [3.05, 3.63) is 89.0 Å². The van der Waals surface area contributed by atoms with E-state index in [4.69, 9.17) is 18.9 Å². The molecule has 0 unspecified atom stereocenters. The average molecular weight is 483 g/mol. The van der Waals surface area contributed by atoms with Gasteiger partial charge in [-0.15, -0.1) is 0 Å².